The molecule has 0 bridgehead atoms. The van der Waals surface area contributed by atoms with Gasteiger partial charge in [0.05, 0.1) is 5.69 Å². The molecule has 1 N–H and O–H groups in total. The number of allylic oxidation sites excluding steroid dienone is 4. The van der Waals surface area contributed by atoms with Gasteiger partial charge in [0.2, 0.25) is 5.91 Å². The van der Waals surface area contributed by atoms with Crippen LogP contribution in [0.5, 0.6) is 0 Å². The number of amides is 2. The second-order valence-electron chi connectivity index (χ2n) is 9.88. The van der Waals surface area contributed by atoms with Gasteiger partial charge in [-0.3, -0.25) is 19.5 Å². The molecule has 3 aliphatic rings. The molecule has 0 radical (unpaired) electrons. The van der Waals surface area contributed by atoms with Crippen molar-refractivity contribution < 1.29 is 9.59 Å². The zero-order valence-corrected chi connectivity index (χ0v) is 21.1. The summed E-state index contributed by atoms with van der Waals surface area (Å²) in [6, 6.07) is 13.6. The van der Waals surface area contributed by atoms with Crippen LogP contribution in [0.3, 0.4) is 0 Å². The van der Waals surface area contributed by atoms with Crippen molar-refractivity contribution in [3.63, 3.8) is 0 Å². The normalized spacial score (nSPS) is 19.6. The summed E-state index contributed by atoms with van der Waals surface area (Å²) >= 11 is 0. The van der Waals surface area contributed by atoms with Gasteiger partial charge in [0, 0.05) is 50.7 Å². The van der Waals surface area contributed by atoms with Crippen molar-refractivity contribution in [2.45, 2.75) is 32.2 Å². The summed E-state index contributed by atoms with van der Waals surface area (Å²) in [6.07, 6.45) is 11.1. The number of rotatable bonds is 5. The monoisotopic (exact) mass is 480 g/mol. The lowest BCUT2D eigenvalue weighted by Gasteiger charge is -2.19. The second-order valence-corrected chi connectivity index (χ2v) is 9.88. The van der Waals surface area contributed by atoms with Gasteiger partial charge < -0.3 is 10.2 Å². The van der Waals surface area contributed by atoms with E-state index in [0.717, 1.165) is 49.4 Å². The molecule has 6 heteroatoms. The molecule has 2 aromatic carbocycles. The highest BCUT2D eigenvalue weighted by molar-refractivity contribution is 6.18. The molecule has 1 unspecified atom stereocenters. The van der Waals surface area contributed by atoms with Gasteiger partial charge in [-0.1, -0.05) is 36.4 Å². The Morgan fingerprint density at radius 1 is 1.14 bits per heavy atom. The van der Waals surface area contributed by atoms with E-state index < -0.39 is 5.92 Å². The molecule has 184 valence electrons. The molecule has 1 atom stereocenters. The first-order valence-electron chi connectivity index (χ1n) is 12.5. The average molecular weight is 481 g/mol. The third-order valence-corrected chi connectivity index (χ3v) is 7.08. The van der Waals surface area contributed by atoms with Crippen molar-refractivity contribution in [1.82, 2.24) is 9.80 Å². The maximum atomic E-state index is 12.8. The van der Waals surface area contributed by atoms with Crippen LogP contribution in [0, 0.1) is 0 Å². The lowest BCUT2D eigenvalue weighted by Crippen LogP contribution is -2.23. The van der Waals surface area contributed by atoms with Crippen molar-refractivity contribution in [1.29, 1.82) is 0 Å². The van der Waals surface area contributed by atoms with E-state index in [1.165, 1.54) is 21.6 Å². The number of carbonyl (C=O) groups is 2. The van der Waals surface area contributed by atoms with E-state index >= 15 is 0 Å². The molecule has 2 heterocycles. The van der Waals surface area contributed by atoms with Gasteiger partial charge in [-0.05, 0) is 72.4 Å². The lowest BCUT2D eigenvalue weighted by atomic mass is 9.94. The number of nitrogens with one attached hydrogen (secondary N) is 1. The molecule has 6 nitrogen and oxygen atoms in total. The molecule has 2 amide bonds. The largest absolute Gasteiger partial charge is 0.345 e. The molecule has 5 rings (SSSR count). The summed E-state index contributed by atoms with van der Waals surface area (Å²) in [5.41, 5.74) is 7.81. The summed E-state index contributed by atoms with van der Waals surface area (Å²) in [5.74, 6) is -0.709. The van der Waals surface area contributed by atoms with Crippen molar-refractivity contribution in [3.05, 3.63) is 94.6 Å². The Morgan fingerprint density at radius 3 is 2.72 bits per heavy atom. The summed E-state index contributed by atoms with van der Waals surface area (Å²) in [4.78, 5) is 34.0. The van der Waals surface area contributed by atoms with Crippen LogP contribution in [0.2, 0.25) is 0 Å². The summed E-state index contributed by atoms with van der Waals surface area (Å²) in [6.45, 7) is 4.79. The van der Waals surface area contributed by atoms with Gasteiger partial charge in [0.25, 0.3) is 5.91 Å². The molecule has 0 saturated carbocycles. The molecule has 0 spiro atoms. The van der Waals surface area contributed by atoms with E-state index in [2.05, 4.69) is 46.7 Å². The van der Waals surface area contributed by atoms with Crippen molar-refractivity contribution in [3.8, 4) is 0 Å². The fraction of sp³-hybridized carbons (Fsp3) is 0.300. The highest BCUT2D eigenvalue weighted by atomic mass is 16.2. The van der Waals surface area contributed by atoms with Gasteiger partial charge in [-0.2, -0.15) is 0 Å². The minimum absolute atomic E-state index is 0.0890. The molecule has 0 fully saturated rings. The number of benzene rings is 2. The highest BCUT2D eigenvalue weighted by Crippen LogP contribution is 2.35. The van der Waals surface area contributed by atoms with Gasteiger partial charge in [0.1, 0.15) is 5.92 Å². The van der Waals surface area contributed by atoms with Crippen LogP contribution in [0.4, 0.5) is 11.4 Å². The Kier molecular flexibility index (Phi) is 6.70. The zero-order valence-electron chi connectivity index (χ0n) is 21.1. The van der Waals surface area contributed by atoms with Gasteiger partial charge in [0.15, 0.2) is 0 Å². The number of hydrogen-bond acceptors (Lipinski definition) is 4. The first-order chi connectivity index (χ1) is 17.4. The maximum absolute atomic E-state index is 12.8. The SMILES string of the molecule is CC(=Nc1ccc(CN2CC=C3CC=CC=C3CC2)cc1)C1C(=O)Nc2ccc(C(=O)N(C)C)cc21. The summed E-state index contributed by atoms with van der Waals surface area (Å²) in [5, 5.41) is 2.92. The van der Waals surface area contributed by atoms with Crippen molar-refractivity contribution >= 4 is 28.9 Å². The standard InChI is InChI=1S/C30H32N4O2/c1-20(28-26-18-24(30(36)33(2)3)10-13-27(26)32-29(28)35)31-25-11-8-21(9-12-25)19-34-16-14-22-6-4-5-7-23(22)15-17-34/h4-6,8-13,15,18,28H,7,14,16-17,19H2,1-3H3,(H,32,35). The summed E-state index contributed by atoms with van der Waals surface area (Å²) in [7, 11) is 3.44. The van der Waals surface area contributed by atoms with Crippen LogP contribution in [0.25, 0.3) is 0 Å². The number of hydrogen-bond donors (Lipinski definition) is 1. The molecule has 1 aliphatic carbocycles. The fourth-order valence-corrected chi connectivity index (χ4v) is 5.10. The first kappa shape index (κ1) is 23.9. The predicted molar refractivity (Wildman–Crippen MR) is 145 cm³/mol. The van der Waals surface area contributed by atoms with Crippen LogP contribution in [-0.2, 0) is 11.3 Å². The number of carbonyl (C=O) groups excluding carboxylic acids is 2. The van der Waals surface area contributed by atoms with E-state index in [4.69, 9.17) is 4.99 Å². The molecule has 36 heavy (non-hydrogen) atoms. The van der Waals surface area contributed by atoms with E-state index in [1.807, 2.05) is 19.1 Å². The van der Waals surface area contributed by atoms with Crippen molar-refractivity contribution in [2.24, 2.45) is 4.99 Å². The third kappa shape index (κ3) is 4.95. The van der Waals surface area contributed by atoms with Gasteiger partial charge in [-0.25, -0.2) is 0 Å². The number of anilines is 1. The predicted octanol–water partition coefficient (Wildman–Crippen LogP) is 5.24. The molecule has 0 aromatic heterocycles. The Balaban J connectivity index is 1.29. The minimum atomic E-state index is -0.507. The fourth-order valence-electron chi connectivity index (χ4n) is 5.10. The third-order valence-electron chi connectivity index (χ3n) is 7.08. The zero-order chi connectivity index (χ0) is 25.2. The molecular weight excluding hydrogens is 448 g/mol. The Bertz CT molecular complexity index is 1310. The maximum Gasteiger partial charge on any atom is 0.253 e. The second kappa shape index (κ2) is 10.1. The molecule has 2 aliphatic heterocycles. The molecule has 2 aromatic rings. The smallest absolute Gasteiger partial charge is 0.253 e. The van der Waals surface area contributed by atoms with Crippen LogP contribution >= 0.6 is 0 Å². The Morgan fingerprint density at radius 2 is 1.94 bits per heavy atom. The van der Waals surface area contributed by atoms with E-state index in [9.17, 15) is 9.59 Å². The molecular formula is C30H32N4O2. The van der Waals surface area contributed by atoms with Crippen LogP contribution in [0.1, 0.15) is 47.2 Å². The van der Waals surface area contributed by atoms with Gasteiger partial charge >= 0.3 is 0 Å². The first-order valence-corrected chi connectivity index (χ1v) is 12.5. The van der Waals surface area contributed by atoms with E-state index in [1.54, 1.807) is 32.3 Å². The Hall–Kier alpha value is -3.77. The summed E-state index contributed by atoms with van der Waals surface area (Å²) < 4.78 is 0. The van der Waals surface area contributed by atoms with E-state index in [0.29, 0.717) is 11.3 Å². The van der Waals surface area contributed by atoms with Gasteiger partial charge in [-0.15, -0.1) is 0 Å². The van der Waals surface area contributed by atoms with Crippen LogP contribution in [0.15, 0.2) is 82.9 Å². The van der Waals surface area contributed by atoms with Crippen molar-refractivity contribution in [2.75, 3.05) is 32.5 Å². The highest BCUT2D eigenvalue weighted by Gasteiger charge is 2.33. The number of fused-ring (bicyclic) bond motifs is 2. The average Bonchev–Trinajstić information content (AvgIpc) is 3.07. The number of nitrogens with zero attached hydrogens (tertiary/aromatic N) is 3. The molecule has 0 saturated heterocycles. The van der Waals surface area contributed by atoms with Crippen LogP contribution < -0.4 is 5.32 Å². The topological polar surface area (TPSA) is 65.0 Å². The van der Waals surface area contributed by atoms with E-state index in [-0.39, 0.29) is 11.8 Å². The quantitative estimate of drug-likeness (QED) is 0.596. The Labute approximate surface area is 212 Å². The number of aliphatic imine (C=N–C) groups is 1. The lowest BCUT2D eigenvalue weighted by molar-refractivity contribution is -0.115. The minimum Gasteiger partial charge on any atom is -0.345 e. The van der Waals surface area contributed by atoms with Crippen LogP contribution in [-0.4, -0.2) is 54.5 Å².